The largest absolute Gasteiger partial charge is 0.676 e. The van der Waals surface area contributed by atoms with Crippen molar-refractivity contribution in [3.63, 3.8) is 0 Å². The number of carboxylic acids is 2. The van der Waals surface area contributed by atoms with Gasteiger partial charge in [-0.15, -0.1) is 0 Å². The van der Waals surface area contributed by atoms with Crippen molar-refractivity contribution in [3.8, 4) is 0 Å². The van der Waals surface area contributed by atoms with Crippen molar-refractivity contribution in [1.82, 2.24) is 10.6 Å². The van der Waals surface area contributed by atoms with Crippen LogP contribution >= 0.6 is 0 Å². The molecule has 4 atom stereocenters. The van der Waals surface area contributed by atoms with Gasteiger partial charge in [0.2, 0.25) is 11.8 Å². The van der Waals surface area contributed by atoms with E-state index in [0.29, 0.717) is 12.8 Å². The number of hydrogen-bond donors (Lipinski definition) is 5. The van der Waals surface area contributed by atoms with Crippen LogP contribution in [-0.2, 0) is 54.6 Å². The zero-order valence-electron chi connectivity index (χ0n) is 27.3. The normalized spacial score (nSPS) is 17.9. The van der Waals surface area contributed by atoms with Crippen LogP contribution in [0.15, 0.2) is 0 Å². The van der Waals surface area contributed by atoms with Crippen molar-refractivity contribution in [1.29, 1.82) is 0 Å². The number of nitrogens with one attached hydrogen (secondary N) is 4. The fourth-order valence-electron chi connectivity index (χ4n) is 4.68. The van der Waals surface area contributed by atoms with Gasteiger partial charge < -0.3 is 47.5 Å². The van der Waals surface area contributed by atoms with Gasteiger partial charge in [-0.1, -0.05) is 53.4 Å². The van der Waals surface area contributed by atoms with Crippen LogP contribution in [0.2, 0.25) is 0 Å². The summed E-state index contributed by atoms with van der Waals surface area (Å²) in [5, 5.41) is 34.4. The summed E-state index contributed by atoms with van der Waals surface area (Å²) in [4.78, 5) is 82.4. The van der Waals surface area contributed by atoms with Gasteiger partial charge in [-0.3, -0.25) is 28.8 Å². The van der Waals surface area contributed by atoms with E-state index in [1.54, 1.807) is 27.7 Å². The van der Waals surface area contributed by atoms with Gasteiger partial charge in [0.15, 0.2) is 5.78 Å². The standard InChI is InChI=1S/C24H39N3O10.C6H12N2.Pt/c1-6-24(5,16(30)9-7-14(2)28)13-23(3,4)22(37)26-11-15(29)8-10-17(31)25-12-18(32)27-19(20(33)34)21(35)36;7-5-3-1-2-4-6(5)8;/h14,19,28H,6-13H2,1-5H3,(H5,25,26,27,31,32,33,34,35,36,37);5-8H,1-4H2;/q;-2;/p-1/t;5-,6-;/m.1./s1. The number of carbonyl (C=O) groups is 7. The summed E-state index contributed by atoms with van der Waals surface area (Å²) in [6.45, 7) is 7.47. The van der Waals surface area contributed by atoms with Gasteiger partial charge in [0.05, 0.1) is 31.1 Å². The minimum Gasteiger partial charge on any atom is -0.676 e. The first-order valence-electron chi connectivity index (χ1n) is 15.1. The third kappa shape index (κ3) is 17.8. The van der Waals surface area contributed by atoms with Crippen LogP contribution in [0.5, 0.6) is 0 Å². The van der Waals surface area contributed by atoms with Gasteiger partial charge in [-0.2, -0.15) is 12.1 Å². The average molecular weight is 836 g/mol. The Morgan fingerprint density at radius 1 is 0.870 bits per heavy atom. The van der Waals surface area contributed by atoms with Gasteiger partial charge in [0, 0.05) is 51.2 Å². The van der Waals surface area contributed by atoms with E-state index < -0.39 is 65.0 Å². The summed E-state index contributed by atoms with van der Waals surface area (Å²) in [5.41, 5.74) is 12.8. The molecule has 1 aliphatic rings. The van der Waals surface area contributed by atoms with E-state index in [9.17, 15) is 38.7 Å². The molecule has 2 unspecified atom stereocenters. The first kappa shape index (κ1) is 45.4. The molecule has 16 heteroatoms. The fourth-order valence-corrected chi connectivity index (χ4v) is 4.68. The van der Waals surface area contributed by atoms with Crippen LogP contribution in [0.4, 0.5) is 0 Å². The molecule has 0 aromatic heterocycles. The smallest absolute Gasteiger partial charge is 0.299 e. The van der Waals surface area contributed by atoms with Crippen LogP contribution < -0.4 is 10.6 Å². The molecule has 1 rings (SSSR count). The van der Waals surface area contributed by atoms with Gasteiger partial charge >= 0.3 is 0 Å². The molecule has 15 nitrogen and oxygen atoms in total. The Bertz CT molecular complexity index is 1030. The van der Waals surface area contributed by atoms with Crippen LogP contribution in [0.1, 0.15) is 98.8 Å². The summed E-state index contributed by atoms with van der Waals surface area (Å²) >= 11 is 0. The van der Waals surface area contributed by atoms with Crippen LogP contribution in [0.3, 0.4) is 0 Å². The number of aliphatic hydroxyl groups excluding tert-OH is 1. The topological polar surface area (TPSA) is 266 Å². The third-order valence-electron chi connectivity index (χ3n) is 7.71. The summed E-state index contributed by atoms with van der Waals surface area (Å²) < 4.78 is 0. The molecule has 0 saturated heterocycles. The molecule has 0 aliphatic heterocycles. The minimum atomic E-state index is -2.28. The number of amides is 3. The molecule has 1 aliphatic carbocycles. The second-order valence-electron chi connectivity index (χ2n) is 12.4. The van der Waals surface area contributed by atoms with Crippen molar-refractivity contribution in [2.45, 2.75) is 123 Å². The summed E-state index contributed by atoms with van der Waals surface area (Å²) in [6, 6.07) is -2.44. The summed E-state index contributed by atoms with van der Waals surface area (Å²) in [7, 11) is 0. The van der Waals surface area contributed by atoms with Crippen LogP contribution in [-0.4, -0.2) is 93.9 Å². The van der Waals surface area contributed by atoms with E-state index in [0.717, 1.165) is 12.8 Å². The van der Waals surface area contributed by atoms with Gasteiger partial charge in [0.1, 0.15) is 5.78 Å². The van der Waals surface area contributed by atoms with Gasteiger partial charge in [-0.25, -0.2) is 0 Å². The minimum absolute atomic E-state index is 0. The number of rotatable bonds is 18. The maximum Gasteiger partial charge on any atom is 0.299 e. The Morgan fingerprint density at radius 3 is 1.83 bits per heavy atom. The Hall–Kier alpha value is -2.74. The molecule has 0 spiro atoms. The molecular formula is C30H50N5O10Pt-3. The number of nitrogens with zero attached hydrogens (tertiary/aromatic N) is 1. The number of carboxylic acid groups (broad SMARTS) is 2. The van der Waals surface area contributed by atoms with E-state index in [2.05, 4.69) is 16.0 Å². The van der Waals surface area contributed by atoms with Crippen LogP contribution in [0, 0.1) is 10.8 Å². The fraction of sp³-hybridized carbons (Fsp3) is 0.767. The number of aliphatic hydroxyl groups is 1. The maximum absolute atomic E-state index is 12.7. The molecule has 7 N–H and O–H groups in total. The second-order valence-corrected chi connectivity index (χ2v) is 12.4. The third-order valence-corrected chi connectivity index (χ3v) is 7.71. The Labute approximate surface area is 285 Å². The molecule has 0 heterocycles. The van der Waals surface area contributed by atoms with Gasteiger partial charge in [-0.05, 0) is 26.2 Å². The number of ketones is 2. The SMILES string of the molecule is CCC(C)(CC(C)(C)C(=O)NCC(=O)CCC(=O)NCC(=O)[N-]C(C(=O)O)C(=O)O)C(=O)CCC(C)O.[NH-][C@@H]1CCCC[C@H]1[NH-].[Pt]. The van der Waals surface area contributed by atoms with Crippen molar-refractivity contribution in [2.75, 3.05) is 13.1 Å². The van der Waals surface area contributed by atoms with Crippen LogP contribution in [0.25, 0.3) is 16.8 Å². The predicted molar refractivity (Wildman–Crippen MR) is 165 cm³/mol. The molecule has 0 aromatic carbocycles. The Balaban J connectivity index is 0. The number of aliphatic carboxylic acids is 2. The molecule has 1 saturated carbocycles. The first-order chi connectivity index (χ1) is 20.7. The zero-order valence-corrected chi connectivity index (χ0v) is 29.5. The number of hydrogen-bond acceptors (Lipinski definition) is 8. The molecule has 268 valence electrons. The average Bonchev–Trinajstić information content (AvgIpc) is 2.96. The molecule has 0 bridgehead atoms. The van der Waals surface area contributed by atoms with Crippen molar-refractivity contribution < 1.29 is 69.9 Å². The van der Waals surface area contributed by atoms with Crippen molar-refractivity contribution in [2.24, 2.45) is 10.8 Å². The van der Waals surface area contributed by atoms with Crippen molar-refractivity contribution >= 4 is 41.2 Å². The number of Topliss-reactive ketones (excluding diaryl/α,β-unsaturated/α-hetero) is 2. The van der Waals surface area contributed by atoms with E-state index in [1.165, 1.54) is 12.8 Å². The van der Waals surface area contributed by atoms with Gasteiger partial charge in [0.25, 0.3) is 11.9 Å². The number of carbonyl (C=O) groups excluding carboxylic acids is 5. The molecular weight excluding hydrogens is 785 g/mol. The first-order valence-corrected chi connectivity index (χ1v) is 15.1. The molecule has 1 fully saturated rings. The van der Waals surface area contributed by atoms with E-state index in [1.807, 2.05) is 6.92 Å². The quantitative estimate of drug-likeness (QED) is 0.126. The molecule has 0 radical (unpaired) electrons. The van der Waals surface area contributed by atoms with Crippen molar-refractivity contribution in [3.05, 3.63) is 16.8 Å². The molecule has 0 aromatic rings. The zero-order chi connectivity index (χ0) is 35.0. The second kappa shape index (κ2) is 21.9. The Kier molecular flexibility index (Phi) is 21.6. The maximum atomic E-state index is 12.7. The monoisotopic (exact) mass is 835 g/mol. The summed E-state index contributed by atoms with van der Waals surface area (Å²) in [5.74, 6) is -6.49. The van der Waals surface area contributed by atoms with E-state index >= 15 is 0 Å². The van der Waals surface area contributed by atoms with E-state index in [-0.39, 0.29) is 71.2 Å². The van der Waals surface area contributed by atoms with E-state index in [4.69, 9.17) is 21.7 Å². The Morgan fingerprint density at radius 2 is 1.39 bits per heavy atom. The molecule has 46 heavy (non-hydrogen) atoms. The molecule has 3 amide bonds. The summed E-state index contributed by atoms with van der Waals surface area (Å²) in [6.07, 6.45) is 4.33. The predicted octanol–water partition coefficient (Wildman–Crippen LogP) is 2.97.